The Balaban J connectivity index is 2.47. The Morgan fingerprint density at radius 3 is 1.68 bits per heavy atom. The van der Waals surface area contributed by atoms with E-state index in [1.165, 1.54) is 28.9 Å². The average Bonchev–Trinajstić information content (AvgIpc) is 2.86. The van der Waals surface area contributed by atoms with Crippen molar-refractivity contribution in [1.29, 1.82) is 0 Å². The van der Waals surface area contributed by atoms with Crippen molar-refractivity contribution in [3.63, 3.8) is 0 Å². The van der Waals surface area contributed by atoms with Gasteiger partial charge in [0.05, 0.1) is 0 Å². The molecule has 0 atom stereocenters. The molecule has 3 heteroatoms. The number of hydrogen-bond acceptors (Lipinski definition) is 1. The van der Waals surface area contributed by atoms with Crippen LogP contribution in [0.25, 0.3) is 0 Å². The maximum absolute atomic E-state index is 7.18. The van der Waals surface area contributed by atoms with Crippen LogP contribution in [0.2, 0.25) is 0 Å². The number of allylic oxidation sites excluding steroid dienone is 8. The molecule has 1 nitrogen and oxygen atoms in total. The van der Waals surface area contributed by atoms with Crippen LogP contribution in [0.5, 0.6) is 0 Å². The van der Waals surface area contributed by atoms with Gasteiger partial charge in [0.25, 0.3) is 0 Å². The summed E-state index contributed by atoms with van der Waals surface area (Å²) in [5.41, 5.74) is 5.50. The Morgan fingerprint density at radius 2 is 1.42 bits per heavy atom. The van der Waals surface area contributed by atoms with Crippen molar-refractivity contribution in [1.82, 2.24) is 0 Å². The van der Waals surface area contributed by atoms with E-state index in [4.69, 9.17) is 11.3 Å². The summed E-state index contributed by atoms with van der Waals surface area (Å²) >= 11 is -3.34. The third-order valence-electron chi connectivity index (χ3n) is 4.43. The standard InChI is InChI=1S/2C7H9.C2H5O.ClH.Zr/c2*1-6-4-3-5-7(6)2;1-2-3;;/h2*4H,3H2,1-2H3;2H2,1H3;1H;/q;;-1;;+2/p-1. The third kappa shape index (κ3) is 2.64. The van der Waals surface area contributed by atoms with Crippen molar-refractivity contribution in [2.75, 3.05) is 6.61 Å². The summed E-state index contributed by atoms with van der Waals surface area (Å²) in [6, 6.07) is 0. The van der Waals surface area contributed by atoms with Crippen LogP contribution in [0.3, 0.4) is 0 Å². The van der Waals surface area contributed by atoms with Crippen molar-refractivity contribution < 1.29 is 22.3 Å². The quantitative estimate of drug-likeness (QED) is 0.646. The summed E-state index contributed by atoms with van der Waals surface area (Å²) in [6.45, 7) is 11.5. The molecule has 0 amide bonds. The van der Waals surface area contributed by atoms with Gasteiger partial charge in [-0.15, -0.1) is 0 Å². The minimum absolute atomic E-state index is 0.714. The zero-order valence-corrected chi connectivity index (χ0v) is 15.8. The number of halogens is 1. The van der Waals surface area contributed by atoms with Crippen molar-refractivity contribution in [2.45, 2.75) is 47.5 Å². The van der Waals surface area contributed by atoms with Crippen LogP contribution in [-0.4, -0.2) is 6.61 Å². The van der Waals surface area contributed by atoms with E-state index in [2.05, 4.69) is 46.8 Å². The van der Waals surface area contributed by atoms with Crippen LogP contribution in [0.15, 0.2) is 41.0 Å². The molecule has 104 valence electrons. The van der Waals surface area contributed by atoms with Gasteiger partial charge in [0.15, 0.2) is 0 Å². The van der Waals surface area contributed by atoms with Crippen LogP contribution in [0.4, 0.5) is 0 Å². The van der Waals surface area contributed by atoms with Crippen LogP contribution < -0.4 is 0 Å². The molecule has 0 bridgehead atoms. The molecule has 0 heterocycles. The molecule has 2 aliphatic rings. The maximum atomic E-state index is 7.18. The van der Waals surface area contributed by atoms with Gasteiger partial charge >= 0.3 is 126 Å². The summed E-state index contributed by atoms with van der Waals surface area (Å²) in [4.78, 5) is 0. The molecule has 0 spiro atoms. The van der Waals surface area contributed by atoms with E-state index >= 15 is 0 Å². The fraction of sp³-hybridized carbons (Fsp3) is 0.500. The summed E-state index contributed by atoms with van der Waals surface area (Å²) < 4.78 is 9.08. The molecule has 0 N–H and O–H groups in total. The van der Waals surface area contributed by atoms with Crippen molar-refractivity contribution in [2.24, 2.45) is 0 Å². The second-order valence-corrected chi connectivity index (χ2v) is 15.2. The second-order valence-electron chi connectivity index (χ2n) is 5.42. The molecule has 0 saturated carbocycles. The summed E-state index contributed by atoms with van der Waals surface area (Å²) in [5.74, 6) is 0. The van der Waals surface area contributed by atoms with Crippen molar-refractivity contribution >= 4 is 8.51 Å². The molecule has 2 rings (SSSR count). The Labute approximate surface area is 125 Å². The van der Waals surface area contributed by atoms with E-state index in [1.54, 1.807) is 0 Å². The van der Waals surface area contributed by atoms with E-state index in [9.17, 15) is 0 Å². The van der Waals surface area contributed by atoms with Crippen LogP contribution >= 0.6 is 8.51 Å². The Kier molecular flexibility index (Phi) is 4.76. The van der Waals surface area contributed by atoms with E-state index < -0.39 is 19.5 Å². The van der Waals surface area contributed by atoms with Crippen LogP contribution in [0, 0.1) is 0 Å². The van der Waals surface area contributed by atoms with Gasteiger partial charge in [-0.3, -0.25) is 0 Å². The molecule has 0 radical (unpaired) electrons. The molecule has 0 saturated heterocycles. The van der Waals surface area contributed by atoms with Gasteiger partial charge in [-0.2, -0.15) is 0 Å². The van der Waals surface area contributed by atoms with E-state index in [-0.39, 0.29) is 0 Å². The average molecular weight is 358 g/mol. The Hall–Kier alpha value is 0.0931. The van der Waals surface area contributed by atoms with Gasteiger partial charge in [-0.05, 0) is 0 Å². The van der Waals surface area contributed by atoms with Gasteiger partial charge in [0.1, 0.15) is 0 Å². The van der Waals surface area contributed by atoms with Gasteiger partial charge in [-0.25, -0.2) is 0 Å². The van der Waals surface area contributed by atoms with Gasteiger partial charge in [0, 0.05) is 0 Å². The summed E-state index contributed by atoms with van der Waals surface area (Å²) in [5, 5.41) is 0. The normalized spacial score (nSPS) is 20.3. The predicted molar refractivity (Wildman–Crippen MR) is 79.6 cm³/mol. The topological polar surface area (TPSA) is 9.23 Å². The molecule has 0 aromatic carbocycles. The fourth-order valence-electron chi connectivity index (χ4n) is 2.90. The number of hydrogen-bond donors (Lipinski definition) is 0. The van der Waals surface area contributed by atoms with Crippen molar-refractivity contribution in [3.05, 3.63) is 41.0 Å². The monoisotopic (exact) mass is 356 g/mol. The van der Waals surface area contributed by atoms with E-state index in [1.807, 2.05) is 0 Å². The zero-order valence-electron chi connectivity index (χ0n) is 12.6. The molecule has 0 aromatic heterocycles. The van der Waals surface area contributed by atoms with E-state index in [0.29, 0.717) is 6.61 Å². The van der Waals surface area contributed by atoms with Gasteiger partial charge < -0.3 is 0 Å². The fourth-order valence-corrected chi connectivity index (χ4v) is 14.0. The minimum atomic E-state index is -3.34. The summed E-state index contributed by atoms with van der Waals surface area (Å²) in [7, 11) is 7.18. The van der Waals surface area contributed by atoms with E-state index in [0.717, 1.165) is 12.8 Å². The Morgan fingerprint density at radius 1 is 1.00 bits per heavy atom. The SMILES string of the molecule is CC[O][Zr]([Cl])([C]1=C(C)C(C)=CC1)[C]1=C(C)C(C)=CC1. The first kappa shape index (κ1) is 15.5. The molecule has 0 unspecified atom stereocenters. The van der Waals surface area contributed by atoms with Crippen LogP contribution in [0.1, 0.15) is 47.5 Å². The first-order valence-electron chi connectivity index (χ1n) is 6.99. The molecular weight excluding hydrogens is 335 g/mol. The molecule has 0 aromatic rings. The molecule has 0 fully saturated rings. The molecule has 2 aliphatic carbocycles. The zero-order chi connectivity index (χ0) is 14.2. The number of rotatable bonds is 4. The predicted octanol–water partition coefficient (Wildman–Crippen LogP) is 5.49. The van der Waals surface area contributed by atoms with Gasteiger partial charge in [0.2, 0.25) is 0 Å². The molecule has 0 aliphatic heterocycles. The first-order valence-corrected chi connectivity index (χ1v) is 13.6. The second kappa shape index (κ2) is 5.84. The summed E-state index contributed by atoms with van der Waals surface area (Å²) in [6.07, 6.45) is 6.58. The molecular formula is C16H23ClOZr. The van der Waals surface area contributed by atoms with Gasteiger partial charge in [-0.1, -0.05) is 0 Å². The third-order valence-corrected chi connectivity index (χ3v) is 16.1. The first-order chi connectivity index (χ1) is 8.91. The van der Waals surface area contributed by atoms with Crippen LogP contribution in [-0.2, 0) is 22.3 Å². The molecule has 19 heavy (non-hydrogen) atoms. The Bertz CT molecular complexity index is 481. The van der Waals surface area contributed by atoms with Crippen molar-refractivity contribution in [3.8, 4) is 0 Å².